The Morgan fingerprint density at radius 3 is 2.38 bits per heavy atom. The van der Waals surface area contributed by atoms with Gasteiger partial charge in [0.25, 0.3) is 0 Å². The Morgan fingerprint density at radius 2 is 1.81 bits per heavy atom. The minimum Gasteiger partial charge on any atom is -0.463 e. The normalized spacial score (nSPS) is 20.6. The summed E-state index contributed by atoms with van der Waals surface area (Å²) in [5, 5.41) is 17.5. The minimum atomic E-state index is -0.297. The Hall–Kier alpha value is -2.50. The lowest BCUT2D eigenvalue weighted by molar-refractivity contribution is -0.122. The van der Waals surface area contributed by atoms with Crippen molar-refractivity contribution in [1.29, 1.82) is 10.5 Å². The van der Waals surface area contributed by atoms with Gasteiger partial charge in [-0.3, -0.25) is 0 Å². The van der Waals surface area contributed by atoms with E-state index in [2.05, 4.69) is 0 Å². The van der Waals surface area contributed by atoms with E-state index in [0.29, 0.717) is 26.4 Å². The Kier molecular flexibility index (Phi) is 4.81. The highest BCUT2D eigenvalue weighted by molar-refractivity contribution is 5.36. The number of hydrogen-bond donors (Lipinski definition) is 0. The average Bonchev–Trinajstić information content (AvgIpc) is 2.51. The fourth-order valence-corrected chi connectivity index (χ4v) is 1.90. The first-order valence-electron chi connectivity index (χ1n) is 6.59. The molecule has 21 heavy (non-hydrogen) atoms. The molecule has 108 valence electrons. The summed E-state index contributed by atoms with van der Waals surface area (Å²) >= 11 is 0. The second kappa shape index (κ2) is 6.78. The van der Waals surface area contributed by atoms with Gasteiger partial charge >= 0.3 is 5.95 Å². The van der Waals surface area contributed by atoms with Crippen LogP contribution in [0.5, 0.6) is 0 Å². The van der Waals surface area contributed by atoms with Crippen molar-refractivity contribution in [2.75, 3.05) is 19.8 Å². The van der Waals surface area contributed by atoms with E-state index in [1.54, 1.807) is 12.1 Å². The SMILES string of the molecule is CC1(COCc2ccccc2)COC(=C(C#N)C#N)OC1. The molecule has 0 atom stereocenters. The third kappa shape index (κ3) is 3.98. The standard InChI is InChI=1S/C16H16N2O3/c1-16(10-19-9-13-5-3-2-4-6-13)11-20-15(21-12-16)14(7-17)8-18/h2-6H,9-12H2,1H3. The third-order valence-corrected chi connectivity index (χ3v) is 3.09. The van der Waals surface area contributed by atoms with Crippen LogP contribution in [0.2, 0.25) is 0 Å². The fourth-order valence-electron chi connectivity index (χ4n) is 1.90. The molecule has 1 heterocycles. The van der Waals surface area contributed by atoms with Crippen LogP contribution in [0.3, 0.4) is 0 Å². The summed E-state index contributed by atoms with van der Waals surface area (Å²) in [6.07, 6.45) is 0. The molecule has 0 aromatic heterocycles. The maximum absolute atomic E-state index is 8.76. The lowest BCUT2D eigenvalue weighted by atomic mass is 9.93. The summed E-state index contributed by atoms with van der Waals surface area (Å²) in [6.45, 7) is 3.69. The molecule has 0 spiro atoms. The molecule has 5 heteroatoms. The number of nitrogens with zero attached hydrogens (tertiary/aromatic N) is 2. The van der Waals surface area contributed by atoms with Crippen LogP contribution in [0.25, 0.3) is 0 Å². The number of ether oxygens (including phenoxy) is 3. The summed E-state index contributed by atoms with van der Waals surface area (Å²) < 4.78 is 16.4. The first-order valence-corrected chi connectivity index (χ1v) is 6.59. The highest BCUT2D eigenvalue weighted by Crippen LogP contribution is 2.27. The van der Waals surface area contributed by atoms with Crippen LogP contribution < -0.4 is 0 Å². The van der Waals surface area contributed by atoms with E-state index >= 15 is 0 Å². The second-order valence-electron chi connectivity index (χ2n) is 5.25. The number of benzene rings is 1. The molecule has 2 rings (SSSR count). The first-order chi connectivity index (χ1) is 10.2. The van der Waals surface area contributed by atoms with Gasteiger partial charge in [-0.15, -0.1) is 0 Å². The van der Waals surface area contributed by atoms with Crippen LogP contribution in [-0.2, 0) is 20.8 Å². The van der Waals surface area contributed by atoms with Gasteiger partial charge < -0.3 is 14.2 Å². The molecular weight excluding hydrogens is 268 g/mol. The van der Waals surface area contributed by atoms with E-state index in [9.17, 15) is 0 Å². The van der Waals surface area contributed by atoms with E-state index < -0.39 is 0 Å². The molecular formula is C16H16N2O3. The maximum atomic E-state index is 8.76. The summed E-state index contributed by atoms with van der Waals surface area (Å²) in [5.41, 5.74) is 0.673. The van der Waals surface area contributed by atoms with Crippen molar-refractivity contribution in [3.05, 3.63) is 47.4 Å². The summed E-state index contributed by atoms with van der Waals surface area (Å²) in [4.78, 5) is 0. The monoisotopic (exact) mass is 284 g/mol. The Morgan fingerprint density at radius 1 is 1.19 bits per heavy atom. The van der Waals surface area contributed by atoms with Gasteiger partial charge in [-0.05, 0) is 5.56 Å². The van der Waals surface area contributed by atoms with Crippen molar-refractivity contribution in [3.63, 3.8) is 0 Å². The van der Waals surface area contributed by atoms with Gasteiger partial charge in [-0.25, -0.2) is 0 Å². The van der Waals surface area contributed by atoms with Crippen molar-refractivity contribution in [2.24, 2.45) is 5.41 Å². The van der Waals surface area contributed by atoms with Crippen LogP contribution in [0.1, 0.15) is 12.5 Å². The van der Waals surface area contributed by atoms with Gasteiger partial charge in [0.05, 0.1) is 18.6 Å². The van der Waals surface area contributed by atoms with Crippen molar-refractivity contribution in [1.82, 2.24) is 0 Å². The third-order valence-electron chi connectivity index (χ3n) is 3.09. The van der Waals surface area contributed by atoms with Gasteiger partial charge in [-0.2, -0.15) is 10.5 Å². The van der Waals surface area contributed by atoms with Crippen LogP contribution >= 0.6 is 0 Å². The number of allylic oxidation sites excluding steroid dienone is 1. The zero-order valence-electron chi connectivity index (χ0n) is 11.8. The molecule has 1 aliphatic rings. The largest absolute Gasteiger partial charge is 0.463 e. The van der Waals surface area contributed by atoms with Gasteiger partial charge in [0.2, 0.25) is 5.57 Å². The molecule has 5 nitrogen and oxygen atoms in total. The minimum absolute atomic E-state index is 0.0144. The second-order valence-corrected chi connectivity index (χ2v) is 5.25. The average molecular weight is 284 g/mol. The molecule has 1 aromatic carbocycles. The topological polar surface area (TPSA) is 75.3 Å². The predicted octanol–water partition coefficient (Wildman–Crippen LogP) is 2.52. The van der Waals surface area contributed by atoms with Crippen molar-refractivity contribution >= 4 is 0 Å². The molecule has 1 aliphatic heterocycles. The molecule has 0 aliphatic carbocycles. The van der Waals surface area contributed by atoms with E-state index in [4.69, 9.17) is 24.7 Å². The highest BCUT2D eigenvalue weighted by Gasteiger charge is 2.33. The van der Waals surface area contributed by atoms with Gasteiger partial charge in [-0.1, -0.05) is 37.3 Å². The molecule has 0 N–H and O–H groups in total. The summed E-state index contributed by atoms with van der Waals surface area (Å²) in [5.74, 6) is 0.0144. The van der Waals surface area contributed by atoms with Crippen molar-refractivity contribution in [3.8, 4) is 12.1 Å². The Bertz CT molecular complexity index is 570. The molecule has 0 unspecified atom stereocenters. The molecule has 1 saturated heterocycles. The van der Waals surface area contributed by atoms with E-state index in [1.165, 1.54) is 0 Å². The zero-order valence-corrected chi connectivity index (χ0v) is 11.8. The predicted molar refractivity (Wildman–Crippen MR) is 74.4 cm³/mol. The van der Waals surface area contributed by atoms with E-state index in [-0.39, 0.29) is 16.9 Å². The molecule has 0 saturated carbocycles. The zero-order chi connectivity index (χ0) is 15.1. The molecule has 0 radical (unpaired) electrons. The highest BCUT2D eigenvalue weighted by atomic mass is 16.7. The summed E-state index contributed by atoms with van der Waals surface area (Å²) in [7, 11) is 0. The lowest BCUT2D eigenvalue weighted by Gasteiger charge is -2.34. The van der Waals surface area contributed by atoms with Gasteiger partial charge in [0.15, 0.2) is 0 Å². The fraction of sp³-hybridized carbons (Fsp3) is 0.375. The van der Waals surface area contributed by atoms with E-state index in [1.807, 2.05) is 37.3 Å². The Balaban J connectivity index is 1.84. The number of hydrogen-bond acceptors (Lipinski definition) is 5. The first kappa shape index (κ1) is 14.9. The van der Waals surface area contributed by atoms with Crippen molar-refractivity contribution < 1.29 is 14.2 Å². The van der Waals surface area contributed by atoms with E-state index in [0.717, 1.165) is 5.56 Å². The number of rotatable bonds is 4. The molecule has 1 fully saturated rings. The van der Waals surface area contributed by atoms with Crippen LogP contribution in [0.4, 0.5) is 0 Å². The smallest absolute Gasteiger partial charge is 0.309 e. The van der Waals surface area contributed by atoms with Crippen LogP contribution in [-0.4, -0.2) is 19.8 Å². The van der Waals surface area contributed by atoms with Gasteiger partial charge in [0, 0.05) is 0 Å². The molecule has 1 aromatic rings. The summed E-state index contributed by atoms with van der Waals surface area (Å²) in [6, 6.07) is 13.4. The van der Waals surface area contributed by atoms with Crippen LogP contribution in [0, 0.1) is 28.1 Å². The lowest BCUT2D eigenvalue weighted by Crippen LogP contribution is -2.38. The van der Waals surface area contributed by atoms with Gasteiger partial charge in [0.1, 0.15) is 25.4 Å². The molecule has 0 amide bonds. The maximum Gasteiger partial charge on any atom is 0.309 e. The number of nitriles is 2. The molecule has 0 bridgehead atoms. The van der Waals surface area contributed by atoms with Crippen molar-refractivity contribution in [2.45, 2.75) is 13.5 Å². The quantitative estimate of drug-likeness (QED) is 0.794. The van der Waals surface area contributed by atoms with Crippen LogP contribution in [0.15, 0.2) is 41.9 Å². The Labute approximate surface area is 124 Å².